The number of aliphatic hydroxyl groups excluding tert-OH is 1. The molecule has 4 heteroatoms. The van der Waals surface area contributed by atoms with E-state index < -0.39 is 0 Å². The summed E-state index contributed by atoms with van der Waals surface area (Å²) in [5.74, 6) is 0.0219. The average Bonchev–Trinajstić information content (AvgIpc) is 2.65. The fraction of sp³-hybridized carbons (Fsp3) is 0.350. The Labute approximate surface area is 143 Å². The highest BCUT2D eigenvalue weighted by Gasteiger charge is 2.21. The molecule has 0 aromatic heterocycles. The van der Waals surface area contributed by atoms with Crippen LogP contribution in [0.4, 0.5) is 0 Å². The third-order valence-corrected chi connectivity index (χ3v) is 4.57. The van der Waals surface area contributed by atoms with Gasteiger partial charge in [-0.2, -0.15) is 0 Å². The molecule has 1 heterocycles. The second kappa shape index (κ2) is 8.08. The van der Waals surface area contributed by atoms with Gasteiger partial charge >= 0.3 is 0 Å². The molecule has 3 rings (SSSR count). The number of carbonyl (C=O) groups is 1. The van der Waals surface area contributed by atoms with Gasteiger partial charge in [0.15, 0.2) is 0 Å². The first-order chi connectivity index (χ1) is 11.7. The van der Waals surface area contributed by atoms with Crippen molar-refractivity contribution < 1.29 is 9.90 Å². The smallest absolute Gasteiger partial charge is 0.251 e. The van der Waals surface area contributed by atoms with E-state index in [1.807, 2.05) is 42.5 Å². The van der Waals surface area contributed by atoms with Crippen molar-refractivity contribution in [2.45, 2.75) is 32.0 Å². The number of likely N-dealkylation sites (tertiary alicyclic amines) is 1. The average molecular weight is 324 g/mol. The largest absolute Gasteiger partial charge is 0.392 e. The van der Waals surface area contributed by atoms with Crippen molar-refractivity contribution in [3.63, 3.8) is 0 Å². The van der Waals surface area contributed by atoms with Crippen molar-refractivity contribution in [2.75, 3.05) is 13.1 Å². The van der Waals surface area contributed by atoms with E-state index in [1.165, 1.54) is 5.56 Å². The lowest BCUT2D eigenvalue weighted by atomic mass is 10.0. The molecule has 0 aliphatic carbocycles. The molecule has 1 fully saturated rings. The molecule has 1 saturated heterocycles. The molecule has 0 bridgehead atoms. The van der Waals surface area contributed by atoms with Crippen LogP contribution in [0.2, 0.25) is 0 Å². The van der Waals surface area contributed by atoms with Crippen molar-refractivity contribution in [1.82, 2.24) is 10.2 Å². The summed E-state index contributed by atoms with van der Waals surface area (Å²) in [5, 5.41) is 12.2. The van der Waals surface area contributed by atoms with Gasteiger partial charge in [0, 0.05) is 31.2 Å². The molecule has 2 N–H and O–H groups in total. The van der Waals surface area contributed by atoms with E-state index in [9.17, 15) is 4.79 Å². The van der Waals surface area contributed by atoms with Gasteiger partial charge < -0.3 is 10.4 Å². The summed E-state index contributed by atoms with van der Waals surface area (Å²) in [6.45, 7) is 2.99. The number of amides is 1. The minimum absolute atomic E-state index is 0.0219. The van der Waals surface area contributed by atoms with E-state index >= 15 is 0 Å². The molecule has 0 saturated carbocycles. The van der Waals surface area contributed by atoms with Crippen LogP contribution >= 0.6 is 0 Å². The van der Waals surface area contributed by atoms with Gasteiger partial charge in [-0.05, 0) is 36.1 Å². The maximum absolute atomic E-state index is 12.2. The number of benzene rings is 2. The monoisotopic (exact) mass is 324 g/mol. The molecule has 4 nitrogen and oxygen atoms in total. The fourth-order valence-electron chi connectivity index (χ4n) is 3.10. The highest BCUT2D eigenvalue weighted by Crippen LogP contribution is 2.15. The van der Waals surface area contributed by atoms with E-state index in [0.717, 1.165) is 43.6 Å². The highest BCUT2D eigenvalue weighted by atomic mass is 16.3. The Hall–Kier alpha value is -2.17. The van der Waals surface area contributed by atoms with Crippen molar-refractivity contribution in [3.05, 3.63) is 71.3 Å². The number of rotatable bonds is 5. The van der Waals surface area contributed by atoms with Gasteiger partial charge in [-0.3, -0.25) is 9.69 Å². The zero-order valence-corrected chi connectivity index (χ0v) is 13.8. The predicted octanol–water partition coefficient (Wildman–Crippen LogP) is 2.57. The van der Waals surface area contributed by atoms with Gasteiger partial charge in [0.25, 0.3) is 5.91 Å². The summed E-state index contributed by atoms with van der Waals surface area (Å²) in [6, 6.07) is 17.8. The van der Waals surface area contributed by atoms with Gasteiger partial charge in [0.1, 0.15) is 0 Å². The van der Waals surface area contributed by atoms with Crippen LogP contribution in [-0.4, -0.2) is 35.0 Å². The topological polar surface area (TPSA) is 52.6 Å². The summed E-state index contributed by atoms with van der Waals surface area (Å²) in [6.07, 6.45) is 1.96. The number of carbonyl (C=O) groups excluding carboxylic acids is 1. The first-order valence-corrected chi connectivity index (χ1v) is 8.51. The van der Waals surface area contributed by atoms with Crippen molar-refractivity contribution >= 4 is 5.91 Å². The first kappa shape index (κ1) is 16.7. The SMILES string of the molecule is O=C(NC1CCN(Cc2ccc(CO)cc2)CC1)c1ccccc1. The number of aliphatic hydroxyl groups is 1. The van der Waals surface area contributed by atoms with Crippen LogP contribution < -0.4 is 5.32 Å². The van der Waals surface area contributed by atoms with Gasteiger partial charge in [-0.25, -0.2) is 0 Å². The highest BCUT2D eigenvalue weighted by molar-refractivity contribution is 5.94. The Morgan fingerprint density at radius 2 is 1.62 bits per heavy atom. The van der Waals surface area contributed by atoms with E-state index in [1.54, 1.807) is 0 Å². The molecule has 0 unspecified atom stereocenters. The lowest BCUT2D eigenvalue weighted by molar-refractivity contribution is 0.0909. The van der Waals surface area contributed by atoms with Crippen molar-refractivity contribution in [1.29, 1.82) is 0 Å². The quantitative estimate of drug-likeness (QED) is 0.889. The fourth-order valence-corrected chi connectivity index (χ4v) is 3.10. The minimum Gasteiger partial charge on any atom is -0.392 e. The molecule has 2 aromatic carbocycles. The Bertz CT molecular complexity index is 647. The molecule has 24 heavy (non-hydrogen) atoms. The standard InChI is InChI=1S/C20H24N2O2/c23-15-17-8-6-16(7-9-17)14-22-12-10-19(11-13-22)21-20(24)18-4-2-1-3-5-18/h1-9,19,23H,10-15H2,(H,21,24). The van der Waals surface area contributed by atoms with Gasteiger partial charge in [0.05, 0.1) is 6.61 Å². The molecule has 126 valence electrons. The van der Waals surface area contributed by atoms with E-state index in [0.29, 0.717) is 0 Å². The third-order valence-electron chi connectivity index (χ3n) is 4.57. The lowest BCUT2D eigenvalue weighted by Crippen LogP contribution is -2.44. The van der Waals surface area contributed by atoms with Gasteiger partial charge in [0.2, 0.25) is 0 Å². The Kier molecular flexibility index (Phi) is 5.62. The number of hydrogen-bond donors (Lipinski definition) is 2. The van der Waals surface area contributed by atoms with Crippen LogP contribution in [0.3, 0.4) is 0 Å². The molecular weight excluding hydrogens is 300 g/mol. The molecule has 2 aromatic rings. The number of nitrogens with one attached hydrogen (secondary N) is 1. The van der Waals surface area contributed by atoms with E-state index in [2.05, 4.69) is 22.3 Å². The van der Waals surface area contributed by atoms with Crippen LogP contribution in [-0.2, 0) is 13.2 Å². The maximum atomic E-state index is 12.2. The summed E-state index contributed by atoms with van der Waals surface area (Å²) < 4.78 is 0. The molecule has 0 atom stereocenters. The van der Waals surface area contributed by atoms with Crippen LogP contribution in [0.25, 0.3) is 0 Å². The third kappa shape index (κ3) is 4.43. The number of hydrogen-bond acceptors (Lipinski definition) is 3. The number of nitrogens with zero attached hydrogens (tertiary/aromatic N) is 1. The molecule has 1 aliphatic rings. The molecule has 1 amide bonds. The second-order valence-corrected chi connectivity index (χ2v) is 6.36. The Balaban J connectivity index is 1.46. The summed E-state index contributed by atoms with van der Waals surface area (Å²) in [4.78, 5) is 14.6. The Morgan fingerprint density at radius 3 is 2.25 bits per heavy atom. The number of piperidine rings is 1. The zero-order valence-electron chi connectivity index (χ0n) is 13.8. The Morgan fingerprint density at radius 1 is 1.00 bits per heavy atom. The molecular formula is C20H24N2O2. The summed E-state index contributed by atoms with van der Waals surface area (Å²) in [5.41, 5.74) is 2.93. The summed E-state index contributed by atoms with van der Waals surface area (Å²) in [7, 11) is 0. The van der Waals surface area contributed by atoms with Gasteiger partial charge in [-0.15, -0.1) is 0 Å². The van der Waals surface area contributed by atoms with Crippen LogP contribution in [0, 0.1) is 0 Å². The van der Waals surface area contributed by atoms with E-state index in [4.69, 9.17) is 5.11 Å². The predicted molar refractivity (Wildman–Crippen MR) is 94.6 cm³/mol. The van der Waals surface area contributed by atoms with Crippen LogP contribution in [0.15, 0.2) is 54.6 Å². The maximum Gasteiger partial charge on any atom is 0.251 e. The normalized spacial score (nSPS) is 16.0. The second-order valence-electron chi connectivity index (χ2n) is 6.36. The van der Waals surface area contributed by atoms with Crippen LogP contribution in [0.5, 0.6) is 0 Å². The lowest BCUT2D eigenvalue weighted by Gasteiger charge is -2.32. The molecule has 0 spiro atoms. The van der Waals surface area contributed by atoms with Gasteiger partial charge in [-0.1, -0.05) is 42.5 Å². The van der Waals surface area contributed by atoms with Crippen molar-refractivity contribution in [2.24, 2.45) is 0 Å². The molecule has 1 aliphatic heterocycles. The zero-order chi connectivity index (χ0) is 16.8. The molecule has 0 radical (unpaired) electrons. The first-order valence-electron chi connectivity index (χ1n) is 8.51. The van der Waals surface area contributed by atoms with Crippen molar-refractivity contribution in [3.8, 4) is 0 Å². The minimum atomic E-state index is 0.0219. The van der Waals surface area contributed by atoms with E-state index in [-0.39, 0.29) is 18.6 Å². The van der Waals surface area contributed by atoms with Crippen LogP contribution in [0.1, 0.15) is 34.3 Å². The summed E-state index contributed by atoms with van der Waals surface area (Å²) >= 11 is 0.